The molecule has 0 spiro atoms. The van der Waals surface area contributed by atoms with Gasteiger partial charge < -0.3 is 14.5 Å². The van der Waals surface area contributed by atoms with Gasteiger partial charge in [-0.25, -0.2) is 13.8 Å². The standard InChI is InChI=1S/C30H30N4O6S/c1-23-9-15-28(16-10-23)41(37,38)34(20-25-6-3-2-4-7-25)21-29(35)33-32-18-24-11-13-26(14-12-24)40-22-30(36)31-19-27-8-5-17-39-27/h2-18H,19-22H2,1H3,(H,31,36)(H,33,35)/b32-18-. The van der Waals surface area contributed by atoms with E-state index >= 15 is 0 Å². The molecular weight excluding hydrogens is 544 g/mol. The van der Waals surface area contributed by atoms with E-state index in [4.69, 9.17) is 9.15 Å². The van der Waals surface area contributed by atoms with E-state index in [1.165, 1.54) is 24.6 Å². The van der Waals surface area contributed by atoms with Crippen molar-refractivity contribution in [3.05, 3.63) is 120 Å². The van der Waals surface area contributed by atoms with E-state index in [0.29, 0.717) is 17.1 Å². The molecule has 41 heavy (non-hydrogen) atoms. The van der Waals surface area contributed by atoms with E-state index in [2.05, 4.69) is 15.8 Å². The summed E-state index contributed by atoms with van der Waals surface area (Å²) < 4.78 is 38.5. The largest absolute Gasteiger partial charge is 0.484 e. The van der Waals surface area contributed by atoms with Gasteiger partial charge in [-0.05, 0) is 66.6 Å². The first-order valence-electron chi connectivity index (χ1n) is 12.7. The van der Waals surface area contributed by atoms with E-state index < -0.39 is 22.5 Å². The highest BCUT2D eigenvalue weighted by molar-refractivity contribution is 7.89. The number of hydrogen-bond donors (Lipinski definition) is 2. The Labute approximate surface area is 238 Å². The van der Waals surface area contributed by atoms with Crippen molar-refractivity contribution < 1.29 is 27.2 Å². The summed E-state index contributed by atoms with van der Waals surface area (Å²) in [7, 11) is -3.95. The van der Waals surface area contributed by atoms with Crippen LogP contribution in [0.4, 0.5) is 0 Å². The number of sulfonamides is 1. The summed E-state index contributed by atoms with van der Waals surface area (Å²) >= 11 is 0. The van der Waals surface area contributed by atoms with Crippen LogP contribution >= 0.6 is 0 Å². The van der Waals surface area contributed by atoms with Crippen LogP contribution in [0.3, 0.4) is 0 Å². The summed E-state index contributed by atoms with van der Waals surface area (Å²) in [6.07, 6.45) is 2.96. The normalized spacial score (nSPS) is 11.5. The predicted octanol–water partition coefficient (Wildman–Crippen LogP) is 3.62. The van der Waals surface area contributed by atoms with Gasteiger partial charge >= 0.3 is 0 Å². The lowest BCUT2D eigenvalue weighted by Gasteiger charge is -2.21. The molecule has 0 saturated heterocycles. The van der Waals surface area contributed by atoms with Crippen LogP contribution in [0, 0.1) is 6.92 Å². The van der Waals surface area contributed by atoms with Gasteiger partial charge in [0.25, 0.3) is 11.8 Å². The second-order valence-corrected chi connectivity index (χ2v) is 11.0. The Bertz CT molecular complexity index is 1550. The van der Waals surface area contributed by atoms with Crippen molar-refractivity contribution in [3.8, 4) is 5.75 Å². The van der Waals surface area contributed by atoms with E-state index in [-0.39, 0.29) is 30.5 Å². The SMILES string of the molecule is Cc1ccc(S(=O)(=O)N(CC(=O)N/N=C\c2ccc(OCC(=O)NCc3ccco3)cc2)Cc2ccccc2)cc1. The number of nitrogens with zero attached hydrogens (tertiary/aromatic N) is 2. The first-order chi connectivity index (χ1) is 19.8. The van der Waals surface area contributed by atoms with E-state index in [1.807, 2.05) is 25.1 Å². The summed E-state index contributed by atoms with van der Waals surface area (Å²) in [5, 5.41) is 6.65. The maximum Gasteiger partial charge on any atom is 0.258 e. The number of nitrogens with one attached hydrogen (secondary N) is 2. The zero-order valence-electron chi connectivity index (χ0n) is 22.4. The molecule has 0 atom stereocenters. The first-order valence-corrected chi connectivity index (χ1v) is 14.2. The zero-order valence-corrected chi connectivity index (χ0v) is 23.2. The van der Waals surface area contributed by atoms with Gasteiger partial charge in [-0.3, -0.25) is 9.59 Å². The van der Waals surface area contributed by atoms with Crippen molar-refractivity contribution in [3.63, 3.8) is 0 Å². The Morgan fingerprint density at radius 2 is 1.66 bits per heavy atom. The van der Waals surface area contributed by atoms with E-state index in [1.54, 1.807) is 60.7 Å². The lowest BCUT2D eigenvalue weighted by Crippen LogP contribution is -2.39. The van der Waals surface area contributed by atoms with Crippen molar-refractivity contribution in [1.82, 2.24) is 15.0 Å². The zero-order chi connectivity index (χ0) is 29.1. The van der Waals surface area contributed by atoms with Gasteiger partial charge in [0.2, 0.25) is 10.0 Å². The summed E-state index contributed by atoms with van der Waals surface area (Å²) in [5.74, 6) is 0.247. The summed E-state index contributed by atoms with van der Waals surface area (Å²) in [6, 6.07) is 25.8. The summed E-state index contributed by atoms with van der Waals surface area (Å²) in [4.78, 5) is 24.7. The average Bonchev–Trinajstić information content (AvgIpc) is 3.50. The van der Waals surface area contributed by atoms with Crippen molar-refractivity contribution in [2.45, 2.75) is 24.9 Å². The summed E-state index contributed by atoms with van der Waals surface area (Å²) in [5.41, 5.74) is 4.73. The topological polar surface area (TPSA) is 130 Å². The second kappa shape index (κ2) is 14.1. The van der Waals surface area contributed by atoms with Crippen LogP contribution in [0.2, 0.25) is 0 Å². The van der Waals surface area contributed by atoms with Crippen molar-refractivity contribution in [1.29, 1.82) is 0 Å². The van der Waals surface area contributed by atoms with Crippen LogP contribution in [0.1, 0.15) is 22.5 Å². The third-order valence-electron chi connectivity index (χ3n) is 5.87. The van der Waals surface area contributed by atoms with Gasteiger partial charge in [-0.1, -0.05) is 48.0 Å². The highest BCUT2D eigenvalue weighted by Gasteiger charge is 2.26. The minimum atomic E-state index is -3.95. The fourth-order valence-corrected chi connectivity index (χ4v) is 5.08. The number of aryl methyl sites for hydroxylation is 1. The number of amides is 2. The Morgan fingerprint density at radius 1 is 0.927 bits per heavy atom. The molecule has 0 unspecified atom stereocenters. The third kappa shape index (κ3) is 8.88. The van der Waals surface area contributed by atoms with E-state index in [9.17, 15) is 18.0 Å². The number of carbonyl (C=O) groups is 2. The Hall–Kier alpha value is -4.74. The van der Waals surface area contributed by atoms with Crippen molar-refractivity contribution >= 4 is 28.1 Å². The fourth-order valence-electron chi connectivity index (χ4n) is 3.70. The highest BCUT2D eigenvalue weighted by Crippen LogP contribution is 2.19. The van der Waals surface area contributed by atoms with Crippen molar-refractivity contribution in [2.24, 2.45) is 5.10 Å². The fraction of sp³-hybridized carbons (Fsp3) is 0.167. The Morgan fingerprint density at radius 3 is 2.34 bits per heavy atom. The molecule has 0 saturated carbocycles. The van der Waals surface area contributed by atoms with Gasteiger partial charge in [-0.2, -0.15) is 9.41 Å². The molecule has 1 aromatic heterocycles. The number of hydrogen-bond acceptors (Lipinski definition) is 7. The quantitative estimate of drug-likeness (QED) is 0.185. The number of carbonyl (C=O) groups excluding carboxylic acids is 2. The minimum Gasteiger partial charge on any atom is -0.484 e. The average molecular weight is 575 g/mol. The van der Waals surface area contributed by atoms with Gasteiger partial charge in [-0.15, -0.1) is 0 Å². The van der Waals surface area contributed by atoms with Gasteiger partial charge in [0.15, 0.2) is 6.61 Å². The molecule has 3 aromatic carbocycles. The van der Waals surface area contributed by atoms with Crippen LogP contribution in [0.25, 0.3) is 0 Å². The first kappa shape index (κ1) is 29.2. The molecule has 212 valence electrons. The van der Waals surface area contributed by atoms with Gasteiger partial charge in [0, 0.05) is 6.54 Å². The monoisotopic (exact) mass is 574 g/mol. The number of rotatable bonds is 13. The molecule has 0 fully saturated rings. The van der Waals surface area contributed by atoms with Crippen LogP contribution in [0.15, 0.2) is 112 Å². The molecule has 0 bridgehead atoms. The number of benzene rings is 3. The molecule has 2 amide bonds. The molecule has 0 aliphatic rings. The molecule has 2 N–H and O–H groups in total. The molecule has 0 aliphatic carbocycles. The minimum absolute atomic E-state index is 0.0243. The van der Waals surface area contributed by atoms with E-state index in [0.717, 1.165) is 15.4 Å². The molecule has 10 nitrogen and oxygen atoms in total. The van der Waals surface area contributed by atoms with Crippen LogP contribution in [-0.4, -0.2) is 43.9 Å². The molecule has 0 radical (unpaired) electrons. The molecule has 4 rings (SSSR count). The smallest absolute Gasteiger partial charge is 0.258 e. The predicted molar refractivity (Wildman–Crippen MR) is 153 cm³/mol. The van der Waals surface area contributed by atoms with Gasteiger partial charge in [0.1, 0.15) is 11.5 Å². The van der Waals surface area contributed by atoms with Gasteiger partial charge in [0.05, 0.1) is 30.5 Å². The highest BCUT2D eigenvalue weighted by atomic mass is 32.2. The lowest BCUT2D eigenvalue weighted by molar-refractivity contribution is -0.123. The number of furan rings is 1. The molecule has 1 heterocycles. The van der Waals surface area contributed by atoms with Crippen LogP contribution in [-0.2, 0) is 32.7 Å². The molecule has 4 aromatic rings. The lowest BCUT2D eigenvalue weighted by atomic mass is 10.2. The second-order valence-electron chi connectivity index (χ2n) is 9.08. The maximum atomic E-state index is 13.4. The number of hydrazone groups is 1. The molecular formula is C30H30N4O6S. The Kier molecular flexibility index (Phi) is 10.0. The molecule has 11 heteroatoms. The molecule has 0 aliphatic heterocycles. The van der Waals surface area contributed by atoms with Crippen LogP contribution in [0.5, 0.6) is 5.75 Å². The van der Waals surface area contributed by atoms with Crippen molar-refractivity contribution in [2.75, 3.05) is 13.2 Å². The number of ether oxygens (including phenoxy) is 1. The Balaban J connectivity index is 1.31. The van der Waals surface area contributed by atoms with Crippen LogP contribution < -0.4 is 15.5 Å². The maximum absolute atomic E-state index is 13.4. The summed E-state index contributed by atoms with van der Waals surface area (Å²) in [6.45, 7) is 1.59. The third-order valence-corrected chi connectivity index (χ3v) is 7.68.